The second-order valence-corrected chi connectivity index (χ2v) is 7.32. The Balaban J connectivity index is 1.97. The van der Waals surface area contributed by atoms with Crippen molar-refractivity contribution in [1.29, 1.82) is 0 Å². The third-order valence-electron chi connectivity index (χ3n) is 4.65. The van der Waals surface area contributed by atoms with E-state index in [1.807, 2.05) is 62.4 Å². The highest BCUT2D eigenvalue weighted by Gasteiger charge is 2.21. The van der Waals surface area contributed by atoms with Gasteiger partial charge in [0.15, 0.2) is 5.69 Å². The molecule has 0 saturated carbocycles. The number of rotatable bonds is 4. The Bertz CT molecular complexity index is 1240. The highest BCUT2D eigenvalue weighted by molar-refractivity contribution is 7.12. The first-order valence-corrected chi connectivity index (χ1v) is 9.51. The van der Waals surface area contributed by atoms with Crippen LogP contribution in [0.25, 0.3) is 27.5 Å². The molecular weight excluding hydrogens is 374 g/mol. The van der Waals surface area contributed by atoms with E-state index in [1.54, 1.807) is 0 Å². The zero-order valence-corrected chi connectivity index (χ0v) is 16.1. The fourth-order valence-electron chi connectivity index (χ4n) is 3.02. The number of carbonyl (C=O) groups is 1. The Morgan fingerprint density at radius 2 is 1.82 bits per heavy atom. The zero-order valence-electron chi connectivity index (χ0n) is 15.3. The molecule has 0 unspecified atom stereocenters. The molecule has 0 aliphatic heterocycles. The topological polar surface area (TPSA) is 88.0 Å². The van der Waals surface area contributed by atoms with Crippen LogP contribution in [0.4, 0.5) is 0 Å². The number of nitrogens with zero attached hydrogens (tertiary/aromatic N) is 2. The maximum Gasteiger partial charge on any atom is 0.355 e. The van der Waals surface area contributed by atoms with Gasteiger partial charge in [-0.2, -0.15) is 4.68 Å². The summed E-state index contributed by atoms with van der Waals surface area (Å²) in [5.41, 5.74) is 4.78. The molecule has 2 N–H and O–H groups in total. The molecule has 0 amide bonds. The lowest BCUT2D eigenvalue weighted by Crippen LogP contribution is -2.15. The average molecular weight is 391 g/mol. The summed E-state index contributed by atoms with van der Waals surface area (Å²) < 4.78 is 1.31. The predicted octanol–water partition coefficient (Wildman–Crippen LogP) is 4.27. The molecule has 4 aromatic rings. The van der Waals surface area contributed by atoms with E-state index in [0.29, 0.717) is 11.3 Å². The van der Waals surface area contributed by atoms with E-state index in [2.05, 4.69) is 10.1 Å². The Labute approximate surface area is 164 Å². The molecule has 0 atom stereocenters. The monoisotopic (exact) mass is 391 g/mol. The first kappa shape index (κ1) is 17.9. The molecule has 2 aromatic heterocycles. The molecule has 0 spiro atoms. The van der Waals surface area contributed by atoms with Crippen molar-refractivity contribution in [3.05, 3.63) is 81.1 Å². The minimum atomic E-state index is -1.13. The number of carboxylic acids is 1. The molecule has 0 bridgehead atoms. The van der Waals surface area contributed by atoms with Crippen molar-refractivity contribution >= 4 is 17.3 Å². The van der Waals surface area contributed by atoms with Crippen molar-refractivity contribution in [2.75, 3.05) is 0 Å². The van der Waals surface area contributed by atoms with Gasteiger partial charge < -0.3 is 5.11 Å². The van der Waals surface area contributed by atoms with Gasteiger partial charge in [0.05, 0.1) is 11.3 Å². The van der Waals surface area contributed by atoms with Gasteiger partial charge in [-0.15, -0.1) is 11.3 Å². The standard InChI is InChI=1S/C21H17N3O3S/c1-12-8-9-15(10-13(12)2)18-17(14-6-4-3-5-7-14)19(25)24(23-18)21-22-16(11-28-21)20(26)27/h3-11,23H,1-2H3,(H,26,27). The minimum Gasteiger partial charge on any atom is -0.476 e. The van der Waals surface area contributed by atoms with Gasteiger partial charge in [-0.25, -0.2) is 9.78 Å². The van der Waals surface area contributed by atoms with Crippen LogP contribution in [0.1, 0.15) is 21.6 Å². The Morgan fingerprint density at radius 1 is 1.07 bits per heavy atom. The summed E-state index contributed by atoms with van der Waals surface area (Å²) in [5, 5.41) is 14.0. The third kappa shape index (κ3) is 3.05. The minimum absolute atomic E-state index is 0.0875. The third-order valence-corrected chi connectivity index (χ3v) is 5.48. The van der Waals surface area contributed by atoms with Gasteiger partial charge in [0.1, 0.15) is 0 Å². The van der Waals surface area contributed by atoms with E-state index in [9.17, 15) is 9.59 Å². The lowest BCUT2D eigenvalue weighted by atomic mass is 9.99. The van der Waals surface area contributed by atoms with E-state index in [0.717, 1.165) is 33.6 Å². The molecule has 6 nitrogen and oxygen atoms in total. The van der Waals surface area contributed by atoms with Gasteiger partial charge in [0.25, 0.3) is 5.56 Å². The summed E-state index contributed by atoms with van der Waals surface area (Å²) in [6, 6.07) is 15.4. The summed E-state index contributed by atoms with van der Waals surface area (Å²) in [5.74, 6) is -1.13. The number of H-pyrrole nitrogens is 1. The normalized spacial score (nSPS) is 10.9. The van der Waals surface area contributed by atoms with Crippen molar-refractivity contribution in [1.82, 2.24) is 14.8 Å². The maximum atomic E-state index is 13.2. The van der Waals surface area contributed by atoms with Crippen LogP contribution in [0.2, 0.25) is 0 Å². The smallest absolute Gasteiger partial charge is 0.355 e. The van der Waals surface area contributed by atoms with Crippen molar-refractivity contribution in [3.63, 3.8) is 0 Å². The highest BCUT2D eigenvalue weighted by Crippen LogP contribution is 2.30. The quantitative estimate of drug-likeness (QED) is 0.544. The molecule has 4 rings (SSSR count). The molecule has 140 valence electrons. The molecule has 0 saturated heterocycles. The average Bonchev–Trinajstić information content (AvgIpc) is 3.29. The molecule has 0 fully saturated rings. The molecule has 0 radical (unpaired) electrons. The van der Waals surface area contributed by atoms with E-state index in [4.69, 9.17) is 5.11 Å². The number of hydrogen-bond donors (Lipinski definition) is 2. The molecule has 0 aliphatic rings. The number of thiazole rings is 1. The SMILES string of the molecule is Cc1ccc(-c2[nH]n(-c3nc(C(=O)O)cs3)c(=O)c2-c2ccccc2)cc1C. The van der Waals surface area contributed by atoms with Gasteiger partial charge >= 0.3 is 5.97 Å². The van der Waals surface area contributed by atoms with Crippen LogP contribution in [0.15, 0.2) is 58.7 Å². The highest BCUT2D eigenvalue weighted by atomic mass is 32.1. The molecule has 28 heavy (non-hydrogen) atoms. The summed E-state index contributed by atoms with van der Waals surface area (Å²) in [6.45, 7) is 4.06. The van der Waals surface area contributed by atoms with Crippen LogP contribution in [-0.4, -0.2) is 25.8 Å². The lowest BCUT2D eigenvalue weighted by Gasteiger charge is -2.06. The first-order valence-electron chi connectivity index (χ1n) is 8.63. The number of nitrogens with one attached hydrogen (secondary N) is 1. The van der Waals surface area contributed by atoms with Crippen molar-refractivity contribution < 1.29 is 9.90 Å². The zero-order chi connectivity index (χ0) is 19.8. The Hall–Kier alpha value is -3.45. The number of aromatic nitrogens is 3. The predicted molar refractivity (Wildman–Crippen MR) is 109 cm³/mol. The Kier molecular flexibility index (Phi) is 4.44. The molecule has 2 aromatic carbocycles. The van der Waals surface area contributed by atoms with Crippen molar-refractivity contribution in [2.24, 2.45) is 0 Å². The van der Waals surface area contributed by atoms with Gasteiger partial charge in [0.2, 0.25) is 5.13 Å². The van der Waals surface area contributed by atoms with Crippen molar-refractivity contribution in [3.8, 4) is 27.5 Å². The second-order valence-electron chi connectivity index (χ2n) is 6.49. The fourth-order valence-corrected chi connectivity index (χ4v) is 3.77. The fraction of sp³-hybridized carbons (Fsp3) is 0.0952. The summed E-state index contributed by atoms with van der Waals surface area (Å²) in [7, 11) is 0. The van der Waals surface area contributed by atoms with Crippen LogP contribution in [-0.2, 0) is 0 Å². The molecular formula is C21H17N3O3S. The van der Waals surface area contributed by atoms with E-state index < -0.39 is 5.97 Å². The molecule has 7 heteroatoms. The molecule has 2 heterocycles. The van der Waals surface area contributed by atoms with Gasteiger partial charge in [0, 0.05) is 10.9 Å². The van der Waals surface area contributed by atoms with Crippen LogP contribution < -0.4 is 5.56 Å². The maximum absolute atomic E-state index is 13.2. The summed E-state index contributed by atoms with van der Waals surface area (Å²) in [4.78, 5) is 28.5. The molecule has 0 aliphatic carbocycles. The van der Waals surface area contributed by atoms with Crippen LogP contribution >= 0.6 is 11.3 Å². The van der Waals surface area contributed by atoms with Crippen molar-refractivity contribution in [2.45, 2.75) is 13.8 Å². The Morgan fingerprint density at radius 3 is 2.46 bits per heavy atom. The number of aromatic carboxylic acids is 1. The first-order chi connectivity index (χ1) is 13.5. The number of aromatic amines is 1. The number of aryl methyl sites for hydroxylation is 2. The number of hydrogen-bond acceptors (Lipinski definition) is 4. The summed E-state index contributed by atoms with van der Waals surface area (Å²) >= 11 is 1.10. The van der Waals surface area contributed by atoms with Gasteiger partial charge in [-0.05, 0) is 36.6 Å². The van der Waals surface area contributed by atoms with Crippen LogP contribution in [0.5, 0.6) is 0 Å². The van der Waals surface area contributed by atoms with Crippen LogP contribution in [0, 0.1) is 13.8 Å². The van der Waals surface area contributed by atoms with Crippen LogP contribution in [0.3, 0.4) is 0 Å². The van der Waals surface area contributed by atoms with E-state index in [-0.39, 0.29) is 16.4 Å². The summed E-state index contributed by atoms with van der Waals surface area (Å²) in [6.07, 6.45) is 0. The van der Waals surface area contributed by atoms with Gasteiger partial charge in [-0.3, -0.25) is 9.89 Å². The largest absolute Gasteiger partial charge is 0.476 e. The lowest BCUT2D eigenvalue weighted by molar-refractivity contribution is 0.0691. The number of benzene rings is 2. The van der Waals surface area contributed by atoms with E-state index in [1.165, 1.54) is 10.1 Å². The van der Waals surface area contributed by atoms with Gasteiger partial charge in [-0.1, -0.05) is 42.5 Å². The second kappa shape index (κ2) is 6.94. The van der Waals surface area contributed by atoms with E-state index >= 15 is 0 Å². The number of carboxylic acid groups (broad SMARTS) is 1.